The first kappa shape index (κ1) is 13.8. The van der Waals surface area contributed by atoms with Gasteiger partial charge in [-0.3, -0.25) is 0 Å². The van der Waals surface area contributed by atoms with Crippen molar-refractivity contribution in [3.63, 3.8) is 0 Å². The van der Waals surface area contributed by atoms with Gasteiger partial charge in [-0.2, -0.15) is 0 Å². The van der Waals surface area contributed by atoms with E-state index in [2.05, 4.69) is 53.4 Å². The van der Waals surface area contributed by atoms with Crippen LogP contribution in [0.3, 0.4) is 0 Å². The van der Waals surface area contributed by atoms with Crippen LogP contribution < -0.4 is 5.32 Å². The number of rotatable bonds is 5. The normalized spacial score (nSPS) is 10.7. The molecule has 1 N–H and O–H groups in total. The Morgan fingerprint density at radius 3 is 2.58 bits per heavy atom. The summed E-state index contributed by atoms with van der Waals surface area (Å²) in [6.07, 6.45) is 2.46. The van der Waals surface area contributed by atoms with Crippen molar-refractivity contribution < 1.29 is 0 Å². The van der Waals surface area contributed by atoms with Gasteiger partial charge in [-0.25, -0.2) is 9.97 Å². The van der Waals surface area contributed by atoms with Crippen molar-refractivity contribution in [3.8, 4) is 0 Å². The second-order valence-corrected chi connectivity index (χ2v) is 5.10. The molecule has 0 spiro atoms. The first-order valence-corrected chi connectivity index (χ1v) is 6.84. The Labute approximate surface area is 119 Å². The lowest BCUT2D eigenvalue weighted by atomic mass is 10.1. The summed E-state index contributed by atoms with van der Waals surface area (Å²) in [5.74, 6) is 1.14. The van der Waals surface area contributed by atoms with Crippen LogP contribution in [0.15, 0.2) is 36.7 Å². The van der Waals surface area contributed by atoms with Gasteiger partial charge < -0.3 is 5.32 Å². The van der Waals surface area contributed by atoms with E-state index in [0.717, 1.165) is 24.3 Å². The molecule has 1 aromatic carbocycles. The van der Waals surface area contributed by atoms with Crippen molar-refractivity contribution in [1.82, 2.24) is 9.97 Å². The second-order valence-electron chi connectivity index (χ2n) is 4.74. The maximum atomic E-state index is 6.13. The highest BCUT2D eigenvalue weighted by Gasteiger charge is 2.12. The van der Waals surface area contributed by atoms with Crippen LogP contribution in [0.25, 0.3) is 0 Å². The van der Waals surface area contributed by atoms with Gasteiger partial charge in [-0.05, 0) is 17.9 Å². The third kappa shape index (κ3) is 3.67. The van der Waals surface area contributed by atoms with Crippen LogP contribution in [0.4, 0.5) is 5.82 Å². The Bertz CT molecular complexity index is 526. The molecule has 0 atom stereocenters. The van der Waals surface area contributed by atoms with Crippen LogP contribution in [-0.2, 0) is 6.42 Å². The summed E-state index contributed by atoms with van der Waals surface area (Å²) in [6.45, 7) is 5.01. The predicted molar refractivity (Wildman–Crippen MR) is 79.8 cm³/mol. The van der Waals surface area contributed by atoms with E-state index in [1.165, 1.54) is 11.9 Å². The van der Waals surface area contributed by atoms with Gasteiger partial charge in [0, 0.05) is 12.1 Å². The number of hydrogen-bond donors (Lipinski definition) is 1. The second kappa shape index (κ2) is 6.53. The van der Waals surface area contributed by atoms with Gasteiger partial charge in [0.25, 0.3) is 0 Å². The molecule has 0 bridgehead atoms. The fourth-order valence-electron chi connectivity index (χ4n) is 2.00. The maximum Gasteiger partial charge on any atom is 0.138 e. The van der Waals surface area contributed by atoms with Crippen molar-refractivity contribution >= 4 is 17.4 Å². The third-order valence-corrected chi connectivity index (χ3v) is 3.26. The summed E-state index contributed by atoms with van der Waals surface area (Å²) in [6, 6.07) is 10.4. The molecule has 0 saturated heterocycles. The van der Waals surface area contributed by atoms with Gasteiger partial charge in [0.2, 0.25) is 0 Å². The molecule has 0 aliphatic heterocycles. The van der Waals surface area contributed by atoms with Crippen molar-refractivity contribution in [2.24, 2.45) is 0 Å². The molecule has 0 fully saturated rings. The molecule has 0 unspecified atom stereocenters. The minimum absolute atomic E-state index is 0.299. The van der Waals surface area contributed by atoms with Crippen LogP contribution in [-0.4, -0.2) is 16.5 Å². The van der Waals surface area contributed by atoms with Gasteiger partial charge in [0.15, 0.2) is 0 Å². The van der Waals surface area contributed by atoms with Gasteiger partial charge in [0.1, 0.15) is 17.3 Å². The smallest absolute Gasteiger partial charge is 0.138 e. The number of nitrogens with one attached hydrogen (secondary N) is 1. The van der Waals surface area contributed by atoms with E-state index in [1.807, 2.05) is 6.07 Å². The van der Waals surface area contributed by atoms with Crippen molar-refractivity contribution in [3.05, 3.63) is 52.9 Å². The van der Waals surface area contributed by atoms with E-state index in [9.17, 15) is 0 Å². The van der Waals surface area contributed by atoms with E-state index in [4.69, 9.17) is 11.6 Å². The summed E-state index contributed by atoms with van der Waals surface area (Å²) in [7, 11) is 0. The van der Waals surface area contributed by atoms with Gasteiger partial charge in [0.05, 0.1) is 0 Å². The molecule has 0 saturated carbocycles. The summed E-state index contributed by atoms with van der Waals surface area (Å²) in [5.41, 5.74) is 2.29. The van der Waals surface area contributed by atoms with Crippen LogP contribution in [0.1, 0.15) is 30.9 Å². The number of hydrogen-bond acceptors (Lipinski definition) is 3. The predicted octanol–water partition coefficient (Wildman–Crippen LogP) is 3.91. The molecule has 1 heterocycles. The van der Waals surface area contributed by atoms with Gasteiger partial charge >= 0.3 is 0 Å². The monoisotopic (exact) mass is 275 g/mol. The van der Waals surface area contributed by atoms with Crippen LogP contribution in [0.2, 0.25) is 5.15 Å². The Morgan fingerprint density at radius 1 is 1.16 bits per heavy atom. The molecule has 4 heteroatoms. The molecule has 1 aromatic heterocycles. The Morgan fingerprint density at radius 2 is 1.89 bits per heavy atom. The average Bonchev–Trinajstić information content (AvgIpc) is 2.39. The quantitative estimate of drug-likeness (QED) is 0.841. The highest BCUT2D eigenvalue weighted by molar-refractivity contribution is 6.30. The molecule has 19 heavy (non-hydrogen) atoms. The van der Waals surface area contributed by atoms with Crippen molar-refractivity contribution in [2.75, 3.05) is 11.9 Å². The summed E-state index contributed by atoms with van der Waals surface area (Å²) in [4.78, 5) is 8.33. The lowest BCUT2D eigenvalue weighted by molar-refractivity contribution is 0.842. The minimum Gasteiger partial charge on any atom is -0.369 e. The molecule has 0 amide bonds. The van der Waals surface area contributed by atoms with E-state index in [1.54, 1.807) is 0 Å². The van der Waals surface area contributed by atoms with Crippen molar-refractivity contribution in [2.45, 2.75) is 26.2 Å². The fraction of sp³-hybridized carbons (Fsp3) is 0.333. The highest BCUT2D eigenvalue weighted by Crippen LogP contribution is 2.27. The highest BCUT2D eigenvalue weighted by atomic mass is 35.5. The first-order chi connectivity index (χ1) is 9.18. The first-order valence-electron chi connectivity index (χ1n) is 6.46. The van der Waals surface area contributed by atoms with E-state index in [-0.39, 0.29) is 0 Å². The fourth-order valence-corrected chi connectivity index (χ4v) is 2.35. The lowest BCUT2D eigenvalue weighted by Gasteiger charge is -2.14. The molecule has 0 aliphatic carbocycles. The molecular weight excluding hydrogens is 258 g/mol. The summed E-state index contributed by atoms with van der Waals surface area (Å²) in [5, 5.41) is 3.88. The summed E-state index contributed by atoms with van der Waals surface area (Å²) >= 11 is 6.13. The maximum absolute atomic E-state index is 6.13. The minimum atomic E-state index is 0.299. The average molecular weight is 276 g/mol. The third-order valence-electron chi connectivity index (χ3n) is 2.96. The Hall–Kier alpha value is -1.61. The Kier molecular flexibility index (Phi) is 4.74. The number of halogens is 1. The summed E-state index contributed by atoms with van der Waals surface area (Å²) < 4.78 is 0. The number of nitrogens with zero attached hydrogens (tertiary/aromatic N) is 2. The van der Waals surface area contributed by atoms with E-state index >= 15 is 0 Å². The van der Waals surface area contributed by atoms with E-state index in [0.29, 0.717) is 11.1 Å². The lowest BCUT2D eigenvalue weighted by Crippen LogP contribution is -2.10. The van der Waals surface area contributed by atoms with Crippen LogP contribution in [0, 0.1) is 0 Å². The zero-order valence-electron chi connectivity index (χ0n) is 11.2. The number of benzene rings is 1. The largest absolute Gasteiger partial charge is 0.369 e. The standard InChI is InChI=1S/C15H18ClN3/c1-11(2)13-14(16)18-10-19-15(13)17-9-8-12-6-4-3-5-7-12/h3-7,10-11H,8-9H2,1-2H3,(H,17,18,19). The topological polar surface area (TPSA) is 37.8 Å². The van der Waals surface area contributed by atoms with Crippen LogP contribution >= 0.6 is 11.6 Å². The zero-order chi connectivity index (χ0) is 13.7. The Balaban J connectivity index is 2.02. The molecule has 2 aromatic rings. The van der Waals surface area contributed by atoms with E-state index < -0.39 is 0 Å². The molecule has 0 radical (unpaired) electrons. The number of anilines is 1. The SMILES string of the molecule is CC(C)c1c(Cl)ncnc1NCCc1ccccc1. The van der Waals surface area contributed by atoms with Crippen LogP contribution in [0.5, 0.6) is 0 Å². The zero-order valence-corrected chi connectivity index (χ0v) is 12.0. The molecule has 3 nitrogen and oxygen atoms in total. The van der Waals surface area contributed by atoms with Gasteiger partial charge in [-0.1, -0.05) is 55.8 Å². The van der Waals surface area contributed by atoms with Crippen molar-refractivity contribution in [1.29, 1.82) is 0 Å². The molecule has 100 valence electrons. The number of aromatic nitrogens is 2. The molecule has 0 aliphatic rings. The van der Waals surface area contributed by atoms with Gasteiger partial charge in [-0.15, -0.1) is 0 Å². The molecular formula is C15H18ClN3. The molecule has 2 rings (SSSR count).